The number of nitrogens with one attached hydrogen (secondary N) is 1. The van der Waals surface area contributed by atoms with Gasteiger partial charge < -0.3 is 5.11 Å². The van der Waals surface area contributed by atoms with E-state index >= 15 is 0 Å². The Balaban J connectivity index is 2.25. The second-order valence-corrected chi connectivity index (χ2v) is 8.04. The lowest BCUT2D eigenvalue weighted by molar-refractivity contribution is 0.0790. The summed E-state index contributed by atoms with van der Waals surface area (Å²) < 4.78 is 25.6. The second kappa shape index (κ2) is 6.75. The standard InChI is InChI=1S/C14H21BrN2O3S/c1-10-4-3-5-11(2)17(10)16-21(19,20)14-7-6-12(9-18)8-13(14)15/h6-8,10-11,16,18H,3-5,9H2,1-2H3. The highest BCUT2D eigenvalue weighted by Crippen LogP contribution is 2.26. The first-order valence-electron chi connectivity index (χ1n) is 7.05. The molecule has 1 heterocycles. The van der Waals surface area contributed by atoms with E-state index in [1.807, 2.05) is 18.9 Å². The van der Waals surface area contributed by atoms with Gasteiger partial charge >= 0.3 is 0 Å². The van der Waals surface area contributed by atoms with Gasteiger partial charge in [0.05, 0.1) is 11.5 Å². The number of halogens is 1. The third kappa shape index (κ3) is 3.84. The molecule has 1 aliphatic heterocycles. The summed E-state index contributed by atoms with van der Waals surface area (Å²) in [6, 6.07) is 5.11. The summed E-state index contributed by atoms with van der Waals surface area (Å²) in [7, 11) is -3.63. The highest BCUT2D eigenvalue weighted by Gasteiger charge is 2.29. The first-order valence-corrected chi connectivity index (χ1v) is 9.33. The molecule has 0 bridgehead atoms. The normalized spacial score (nSPS) is 24.2. The second-order valence-electron chi connectivity index (χ2n) is 5.55. The van der Waals surface area contributed by atoms with E-state index in [0.29, 0.717) is 10.0 Å². The van der Waals surface area contributed by atoms with Gasteiger partial charge in [0, 0.05) is 16.6 Å². The number of piperidine rings is 1. The predicted molar refractivity (Wildman–Crippen MR) is 85.0 cm³/mol. The number of hydrogen-bond acceptors (Lipinski definition) is 4. The molecule has 1 saturated heterocycles. The molecule has 1 aromatic rings. The van der Waals surface area contributed by atoms with Crippen molar-refractivity contribution in [2.75, 3.05) is 0 Å². The van der Waals surface area contributed by atoms with E-state index in [2.05, 4.69) is 20.8 Å². The molecule has 5 nitrogen and oxygen atoms in total. The first-order chi connectivity index (χ1) is 9.85. The minimum absolute atomic E-state index is 0.119. The average molecular weight is 377 g/mol. The number of hydrazine groups is 1. The summed E-state index contributed by atoms with van der Waals surface area (Å²) in [5.74, 6) is 0. The van der Waals surface area contributed by atoms with E-state index in [-0.39, 0.29) is 23.6 Å². The Morgan fingerprint density at radius 3 is 2.48 bits per heavy atom. The quantitative estimate of drug-likeness (QED) is 0.846. The third-order valence-electron chi connectivity index (χ3n) is 3.89. The number of hydrogen-bond donors (Lipinski definition) is 2. The van der Waals surface area contributed by atoms with Crippen molar-refractivity contribution in [2.45, 2.75) is 56.7 Å². The Labute approximate surface area is 134 Å². The third-order valence-corrected chi connectivity index (χ3v) is 6.19. The maximum atomic E-state index is 12.6. The van der Waals surface area contributed by atoms with Crippen molar-refractivity contribution < 1.29 is 13.5 Å². The van der Waals surface area contributed by atoms with Crippen LogP contribution < -0.4 is 4.83 Å². The molecule has 2 atom stereocenters. The van der Waals surface area contributed by atoms with Crippen LogP contribution in [-0.4, -0.2) is 30.6 Å². The molecule has 0 aromatic heterocycles. The van der Waals surface area contributed by atoms with Gasteiger partial charge in [-0.3, -0.25) is 0 Å². The zero-order chi connectivity index (χ0) is 15.6. The monoisotopic (exact) mass is 376 g/mol. The summed E-state index contributed by atoms with van der Waals surface area (Å²) in [6.07, 6.45) is 3.09. The van der Waals surface area contributed by atoms with Crippen LogP contribution in [-0.2, 0) is 16.6 Å². The van der Waals surface area contributed by atoms with E-state index in [0.717, 1.165) is 19.3 Å². The topological polar surface area (TPSA) is 69.6 Å². The molecule has 2 unspecified atom stereocenters. The number of benzene rings is 1. The molecule has 0 aliphatic carbocycles. The Morgan fingerprint density at radius 2 is 1.95 bits per heavy atom. The highest BCUT2D eigenvalue weighted by atomic mass is 79.9. The van der Waals surface area contributed by atoms with Crippen molar-refractivity contribution in [3.05, 3.63) is 28.2 Å². The van der Waals surface area contributed by atoms with Gasteiger partial charge in [-0.2, -0.15) is 0 Å². The van der Waals surface area contributed by atoms with Gasteiger partial charge in [-0.05, 0) is 60.3 Å². The van der Waals surface area contributed by atoms with Gasteiger partial charge in [-0.1, -0.05) is 12.5 Å². The number of aliphatic hydroxyl groups excluding tert-OH is 1. The molecule has 2 N–H and O–H groups in total. The molecule has 1 aliphatic rings. The van der Waals surface area contributed by atoms with E-state index in [1.54, 1.807) is 12.1 Å². The molecule has 118 valence electrons. The molecule has 0 radical (unpaired) electrons. The number of rotatable bonds is 4. The van der Waals surface area contributed by atoms with E-state index < -0.39 is 10.0 Å². The molecule has 1 aromatic carbocycles. The van der Waals surface area contributed by atoms with Crippen LogP contribution in [0.1, 0.15) is 38.7 Å². The van der Waals surface area contributed by atoms with Crippen LogP contribution in [0.5, 0.6) is 0 Å². The molecule has 2 rings (SSSR count). The fraction of sp³-hybridized carbons (Fsp3) is 0.571. The zero-order valence-electron chi connectivity index (χ0n) is 12.2. The fourth-order valence-corrected chi connectivity index (χ4v) is 5.01. The van der Waals surface area contributed by atoms with Crippen molar-refractivity contribution >= 4 is 26.0 Å². The van der Waals surface area contributed by atoms with Gasteiger partial charge in [-0.15, -0.1) is 4.83 Å². The largest absolute Gasteiger partial charge is 0.392 e. The summed E-state index contributed by atoms with van der Waals surface area (Å²) in [6.45, 7) is 3.94. The first kappa shape index (κ1) is 16.9. The number of aliphatic hydroxyl groups is 1. The van der Waals surface area contributed by atoms with Crippen LogP contribution in [0.2, 0.25) is 0 Å². The zero-order valence-corrected chi connectivity index (χ0v) is 14.6. The van der Waals surface area contributed by atoms with Gasteiger partial charge in [0.25, 0.3) is 10.0 Å². The minimum Gasteiger partial charge on any atom is -0.392 e. The SMILES string of the molecule is CC1CCCC(C)N1NS(=O)(=O)c1ccc(CO)cc1Br. The van der Waals surface area contributed by atoms with E-state index in [4.69, 9.17) is 5.11 Å². The summed E-state index contributed by atoms with van der Waals surface area (Å²) in [5.41, 5.74) is 0.667. The molecular formula is C14H21BrN2O3S. The maximum Gasteiger partial charge on any atom is 0.254 e. The smallest absolute Gasteiger partial charge is 0.254 e. The highest BCUT2D eigenvalue weighted by molar-refractivity contribution is 9.10. The Kier molecular flexibility index (Phi) is 5.43. The molecule has 1 fully saturated rings. The van der Waals surface area contributed by atoms with Crippen molar-refractivity contribution in [2.24, 2.45) is 0 Å². The summed E-state index contributed by atoms with van der Waals surface area (Å²) in [5, 5.41) is 10.9. The lowest BCUT2D eigenvalue weighted by Crippen LogP contribution is -2.53. The van der Waals surface area contributed by atoms with Crippen molar-refractivity contribution in [1.82, 2.24) is 9.84 Å². The van der Waals surface area contributed by atoms with Gasteiger partial charge in [-0.25, -0.2) is 13.4 Å². The average Bonchev–Trinajstić information content (AvgIpc) is 2.42. The minimum atomic E-state index is -3.63. The van der Waals surface area contributed by atoms with Crippen LogP contribution in [0, 0.1) is 0 Å². The van der Waals surface area contributed by atoms with Crippen LogP contribution in [0.25, 0.3) is 0 Å². The molecule has 0 saturated carbocycles. The van der Waals surface area contributed by atoms with Crippen LogP contribution in [0.4, 0.5) is 0 Å². The molecular weight excluding hydrogens is 356 g/mol. The Hall–Kier alpha value is -0.470. The van der Waals surface area contributed by atoms with Crippen molar-refractivity contribution in [1.29, 1.82) is 0 Å². The predicted octanol–water partition coefficient (Wildman–Crippen LogP) is 2.40. The number of nitrogens with zero attached hydrogens (tertiary/aromatic N) is 1. The van der Waals surface area contributed by atoms with Crippen molar-refractivity contribution in [3.63, 3.8) is 0 Å². The van der Waals surface area contributed by atoms with Crippen LogP contribution in [0.3, 0.4) is 0 Å². The molecule has 0 spiro atoms. The van der Waals surface area contributed by atoms with Crippen LogP contribution >= 0.6 is 15.9 Å². The molecule has 0 amide bonds. The Bertz CT molecular complexity index is 596. The Morgan fingerprint density at radius 1 is 1.33 bits per heavy atom. The maximum absolute atomic E-state index is 12.6. The van der Waals surface area contributed by atoms with Gasteiger partial charge in [0.15, 0.2) is 0 Å². The lowest BCUT2D eigenvalue weighted by Gasteiger charge is -2.38. The van der Waals surface area contributed by atoms with E-state index in [1.165, 1.54) is 6.07 Å². The van der Waals surface area contributed by atoms with Gasteiger partial charge in [0.2, 0.25) is 0 Å². The van der Waals surface area contributed by atoms with E-state index in [9.17, 15) is 8.42 Å². The van der Waals surface area contributed by atoms with Crippen LogP contribution in [0.15, 0.2) is 27.6 Å². The number of sulfonamides is 1. The van der Waals surface area contributed by atoms with Crippen molar-refractivity contribution in [3.8, 4) is 0 Å². The molecule has 21 heavy (non-hydrogen) atoms. The lowest BCUT2D eigenvalue weighted by atomic mass is 10.0. The fourth-order valence-electron chi connectivity index (χ4n) is 2.65. The molecule has 7 heteroatoms. The summed E-state index contributed by atoms with van der Waals surface area (Å²) >= 11 is 3.27. The summed E-state index contributed by atoms with van der Waals surface area (Å²) in [4.78, 5) is 2.89. The van der Waals surface area contributed by atoms with Gasteiger partial charge in [0.1, 0.15) is 0 Å².